The zero-order chi connectivity index (χ0) is 5.98. The van der Waals surface area contributed by atoms with Gasteiger partial charge < -0.3 is 5.11 Å². The van der Waals surface area contributed by atoms with Crippen LogP contribution < -0.4 is 0 Å². The molecule has 2 N–H and O–H groups in total. The summed E-state index contributed by atoms with van der Waals surface area (Å²) < 4.78 is 0. The summed E-state index contributed by atoms with van der Waals surface area (Å²) in [6.45, 7) is 0.301. The molecule has 0 unspecified atom stereocenters. The molecule has 0 fully saturated rings. The van der Waals surface area contributed by atoms with Crippen molar-refractivity contribution in [3.63, 3.8) is 0 Å². The largest absolute Gasteiger partial charge is 0.493 e. The van der Waals surface area contributed by atoms with Crippen LogP contribution in [0.1, 0.15) is 0 Å². The minimum Gasteiger partial charge on any atom is -0.493 e. The van der Waals surface area contributed by atoms with Crippen LogP contribution in [-0.2, 0) is 0 Å². The highest BCUT2D eigenvalue weighted by molar-refractivity contribution is 5.56. The fourth-order valence-corrected chi connectivity index (χ4v) is 0.401. The van der Waals surface area contributed by atoms with Crippen LogP contribution in [0.5, 0.6) is 0 Å². The van der Waals surface area contributed by atoms with Crippen molar-refractivity contribution in [1.82, 2.24) is 5.06 Å². The third kappa shape index (κ3) is 0.974. The Bertz CT molecular complexity index is 141. The number of nitrogens with zero attached hydrogens (tertiary/aromatic N) is 2. The molecule has 0 radical (unpaired) electrons. The van der Waals surface area contributed by atoms with Gasteiger partial charge in [0.05, 0.1) is 6.54 Å². The third-order valence-electron chi connectivity index (χ3n) is 0.784. The summed E-state index contributed by atoms with van der Waals surface area (Å²) in [5.41, 5.74) is 0. The molecule has 1 aliphatic heterocycles. The first-order valence-electron chi connectivity index (χ1n) is 2.18. The lowest BCUT2D eigenvalue weighted by Gasteiger charge is -2.09. The van der Waals surface area contributed by atoms with Gasteiger partial charge >= 0.3 is 0 Å². The van der Waals surface area contributed by atoms with Gasteiger partial charge in [0, 0.05) is 0 Å². The second-order valence-electron chi connectivity index (χ2n) is 1.43. The molecule has 0 atom stereocenters. The van der Waals surface area contributed by atoms with Crippen molar-refractivity contribution in [1.29, 1.82) is 0 Å². The molecule has 0 aliphatic carbocycles. The topological polar surface area (TPSA) is 56.1 Å². The van der Waals surface area contributed by atoms with Crippen LogP contribution in [0.3, 0.4) is 0 Å². The molecule has 0 aromatic rings. The van der Waals surface area contributed by atoms with E-state index in [-0.39, 0.29) is 5.88 Å². The van der Waals surface area contributed by atoms with Gasteiger partial charge in [-0.3, -0.25) is 5.21 Å². The van der Waals surface area contributed by atoms with Gasteiger partial charge in [-0.25, -0.2) is 10.1 Å². The second kappa shape index (κ2) is 1.83. The highest BCUT2D eigenvalue weighted by Gasteiger charge is 1.97. The maximum Gasteiger partial charge on any atom is 0.209 e. The zero-order valence-corrected chi connectivity index (χ0v) is 4.15. The molecular weight excluding hydrogens is 108 g/mol. The van der Waals surface area contributed by atoms with E-state index in [4.69, 9.17) is 10.3 Å². The van der Waals surface area contributed by atoms with E-state index in [0.717, 1.165) is 11.4 Å². The summed E-state index contributed by atoms with van der Waals surface area (Å²) in [7, 11) is 0. The number of hydrogen-bond donors (Lipinski definition) is 2. The number of aliphatic hydroxyl groups is 1. The molecule has 0 saturated carbocycles. The minimum atomic E-state index is -0.0460. The van der Waals surface area contributed by atoms with Gasteiger partial charge in [-0.15, -0.1) is 0 Å². The molecule has 1 aliphatic rings. The van der Waals surface area contributed by atoms with Crippen LogP contribution in [0.25, 0.3) is 0 Å². The SMILES string of the molecule is OC1=CCN(O)C=N1. The van der Waals surface area contributed by atoms with Crippen molar-refractivity contribution in [3.05, 3.63) is 12.0 Å². The summed E-state index contributed by atoms with van der Waals surface area (Å²) in [5, 5.41) is 18.0. The predicted molar refractivity (Wildman–Crippen MR) is 27.7 cm³/mol. The van der Waals surface area contributed by atoms with Crippen LogP contribution >= 0.6 is 0 Å². The number of aliphatic hydroxyl groups excluding tert-OH is 1. The van der Waals surface area contributed by atoms with E-state index in [9.17, 15) is 0 Å². The fourth-order valence-electron chi connectivity index (χ4n) is 0.401. The third-order valence-corrected chi connectivity index (χ3v) is 0.784. The first kappa shape index (κ1) is 5.11. The Hall–Kier alpha value is -1.03. The fraction of sp³-hybridized carbons (Fsp3) is 0.250. The summed E-state index contributed by atoms with van der Waals surface area (Å²) in [6.07, 6.45) is 2.55. The summed E-state index contributed by atoms with van der Waals surface area (Å²) in [5.74, 6) is -0.0460. The smallest absolute Gasteiger partial charge is 0.209 e. The van der Waals surface area contributed by atoms with Crippen molar-refractivity contribution in [3.8, 4) is 0 Å². The zero-order valence-electron chi connectivity index (χ0n) is 4.15. The molecule has 0 saturated heterocycles. The van der Waals surface area contributed by atoms with Crippen LogP contribution in [0.15, 0.2) is 17.0 Å². The highest BCUT2D eigenvalue weighted by Crippen LogP contribution is 1.95. The Labute approximate surface area is 46.3 Å². The van der Waals surface area contributed by atoms with E-state index >= 15 is 0 Å². The maximum absolute atomic E-state index is 8.56. The molecule has 44 valence electrons. The van der Waals surface area contributed by atoms with Crippen molar-refractivity contribution in [2.45, 2.75) is 0 Å². The lowest BCUT2D eigenvalue weighted by Crippen LogP contribution is -2.19. The molecule has 0 bridgehead atoms. The molecule has 0 amide bonds. The van der Waals surface area contributed by atoms with Gasteiger partial charge in [-0.05, 0) is 6.08 Å². The summed E-state index contributed by atoms with van der Waals surface area (Å²) in [4.78, 5) is 3.38. The van der Waals surface area contributed by atoms with Crippen molar-refractivity contribution >= 4 is 6.34 Å². The summed E-state index contributed by atoms with van der Waals surface area (Å²) in [6, 6.07) is 0. The average molecular weight is 114 g/mol. The van der Waals surface area contributed by atoms with E-state index in [0.29, 0.717) is 6.54 Å². The first-order chi connectivity index (χ1) is 3.79. The van der Waals surface area contributed by atoms with Gasteiger partial charge in [0.15, 0.2) is 0 Å². The Morgan fingerprint density at radius 1 is 1.75 bits per heavy atom. The van der Waals surface area contributed by atoms with Gasteiger partial charge in [0.25, 0.3) is 0 Å². The predicted octanol–water partition coefficient (Wildman–Crippen LogP) is 0.119. The normalized spacial score (nSPS) is 18.6. The van der Waals surface area contributed by atoms with Crippen LogP contribution in [0.2, 0.25) is 0 Å². The van der Waals surface area contributed by atoms with Gasteiger partial charge in [-0.2, -0.15) is 0 Å². The van der Waals surface area contributed by atoms with Gasteiger partial charge in [-0.1, -0.05) is 0 Å². The molecule has 1 heterocycles. The minimum absolute atomic E-state index is 0.0460. The lowest BCUT2D eigenvalue weighted by atomic mass is 10.5. The molecule has 0 aromatic carbocycles. The van der Waals surface area contributed by atoms with Crippen LogP contribution in [0, 0.1) is 0 Å². The molecule has 1 rings (SSSR count). The number of hydrogen-bond acceptors (Lipinski definition) is 4. The van der Waals surface area contributed by atoms with E-state index in [1.54, 1.807) is 0 Å². The monoisotopic (exact) mass is 114 g/mol. The van der Waals surface area contributed by atoms with Crippen molar-refractivity contribution in [2.24, 2.45) is 4.99 Å². The van der Waals surface area contributed by atoms with Gasteiger partial charge in [0.2, 0.25) is 5.88 Å². The molecule has 4 heteroatoms. The van der Waals surface area contributed by atoms with E-state index in [1.165, 1.54) is 6.08 Å². The molecule has 0 spiro atoms. The Kier molecular flexibility index (Phi) is 1.17. The van der Waals surface area contributed by atoms with Gasteiger partial charge in [0.1, 0.15) is 6.34 Å². The molecule has 0 aromatic heterocycles. The number of rotatable bonds is 0. The quantitative estimate of drug-likeness (QED) is 0.470. The highest BCUT2D eigenvalue weighted by atomic mass is 16.5. The van der Waals surface area contributed by atoms with Crippen LogP contribution in [0.4, 0.5) is 0 Å². The van der Waals surface area contributed by atoms with E-state index < -0.39 is 0 Å². The molecule has 8 heavy (non-hydrogen) atoms. The number of aliphatic imine (C=N–C) groups is 1. The summed E-state index contributed by atoms with van der Waals surface area (Å²) >= 11 is 0. The maximum atomic E-state index is 8.56. The van der Waals surface area contributed by atoms with E-state index in [2.05, 4.69) is 4.99 Å². The van der Waals surface area contributed by atoms with Crippen molar-refractivity contribution < 1.29 is 10.3 Å². The Morgan fingerprint density at radius 2 is 2.50 bits per heavy atom. The Balaban J connectivity index is 2.58. The van der Waals surface area contributed by atoms with Crippen LogP contribution in [-0.4, -0.2) is 28.3 Å². The second-order valence-corrected chi connectivity index (χ2v) is 1.43. The van der Waals surface area contributed by atoms with Crippen molar-refractivity contribution in [2.75, 3.05) is 6.54 Å². The number of hydroxylamine groups is 2. The average Bonchev–Trinajstić information content (AvgIpc) is 1.77. The standard InChI is InChI=1S/C4H6N2O2/c7-4-1-2-6(8)3-5-4/h1,3,7-8H,2H2. The first-order valence-corrected chi connectivity index (χ1v) is 2.18. The Morgan fingerprint density at radius 3 is 2.88 bits per heavy atom. The van der Waals surface area contributed by atoms with E-state index in [1.807, 2.05) is 0 Å². The molecule has 4 nitrogen and oxygen atoms in total. The molecular formula is C4H6N2O2. The lowest BCUT2D eigenvalue weighted by molar-refractivity contribution is 0.000503.